The van der Waals surface area contributed by atoms with Crippen LogP contribution in [0.3, 0.4) is 0 Å². The van der Waals surface area contributed by atoms with Gasteiger partial charge in [0.1, 0.15) is 0 Å². The molecule has 0 aliphatic carbocycles. The first-order valence-electron chi connectivity index (χ1n) is 10.8. The highest BCUT2D eigenvalue weighted by molar-refractivity contribution is 5.80. The highest BCUT2D eigenvalue weighted by Crippen LogP contribution is 2.21. The third kappa shape index (κ3) is 11.2. The molecular formula is C21H43N5O. The topological polar surface area (TPSA) is 82.8 Å². The number of hydrogen-bond acceptors (Lipinski definition) is 3. The monoisotopic (exact) mass is 381 g/mol. The molecule has 0 saturated carbocycles. The molecule has 4 N–H and O–H groups in total. The molecule has 27 heavy (non-hydrogen) atoms. The first kappa shape index (κ1) is 23.7. The Morgan fingerprint density at radius 1 is 1.26 bits per heavy atom. The number of nitrogens with one attached hydrogen (secondary N) is 2. The maximum absolute atomic E-state index is 11.2. The molecule has 1 amide bonds. The molecule has 0 radical (unpaired) electrons. The molecule has 0 aromatic rings. The molecule has 0 spiro atoms. The van der Waals surface area contributed by atoms with Crippen LogP contribution in [0.5, 0.6) is 0 Å². The summed E-state index contributed by atoms with van der Waals surface area (Å²) < 4.78 is 0. The van der Waals surface area contributed by atoms with Crippen molar-refractivity contribution in [3.63, 3.8) is 0 Å². The summed E-state index contributed by atoms with van der Waals surface area (Å²) in [7, 11) is 0. The molecule has 158 valence electrons. The number of piperidine rings is 1. The zero-order valence-corrected chi connectivity index (χ0v) is 18.3. The number of guanidine groups is 1. The van der Waals surface area contributed by atoms with E-state index in [0.29, 0.717) is 11.5 Å². The molecule has 1 aliphatic rings. The Hall–Kier alpha value is -1.30. The minimum absolute atomic E-state index is 0.0832. The number of carbonyl (C=O) groups is 1. The molecule has 0 aromatic carbocycles. The van der Waals surface area contributed by atoms with Crippen molar-refractivity contribution in [2.75, 3.05) is 32.7 Å². The Balaban J connectivity index is 2.24. The quantitative estimate of drug-likeness (QED) is 0.309. The number of nitrogens with two attached hydrogens (primary N) is 1. The first-order valence-corrected chi connectivity index (χ1v) is 10.8. The van der Waals surface area contributed by atoms with Crippen LogP contribution in [0, 0.1) is 11.3 Å². The van der Waals surface area contributed by atoms with Crippen molar-refractivity contribution < 1.29 is 4.79 Å². The Bertz CT molecular complexity index is 450. The van der Waals surface area contributed by atoms with Crippen LogP contribution in [0.4, 0.5) is 0 Å². The Morgan fingerprint density at radius 3 is 2.48 bits per heavy atom. The second-order valence-corrected chi connectivity index (χ2v) is 9.13. The summed E-state index contributed by atoms with van der Waals surface area (Å²) in [5, 5.41) is 6.88. The largest absolute Gasteiger partial charge is 0.369 e. The molecule has 6 nitrogen and oxygen atoms in total. The van der Waals surface area contributed by atoms with Crippen LogP contribution >= 0.6 is 0 Å². The first-order chi connectivity index (χ1) is 12.7. The zero-order chi connectivity index (χ0) is 20.3. The van der Waals surface area contributed by atoms with E-state index >= 15 is 0 Å². The van der Waals surface area contributed by atoms with Gasteiger partial charge in [-0.3, -0.25) is 9.79 Å². The van der Waals surface area contributed by atoms with E-state index in [1.54, 1.807) is 0 Å². The predicted octanol–water partition coefficient (Wildman–Crippen LogP) is 2.73. The number of rotatable bonds is 10. The van der Waals surface area contributed by atoms with Gasteiger partial charge in [0.15, 0.2) is 5.96 Å². The van der Waals surface area contributed by atoms with E-state index in [9.17, 15) is 4.79 Å². The number of hydrogen-bond donors (Lipinski definition) is 3. The van der Waals surface area contributed by atoms with Crippen LogP contribution in [0.2, 0.25) is 0 Å². The van der Waals surface area contributed by atoms with Crippen molar-refractivity contribution >= 4 is 11.9 Å². The van der Waals surface area contributed by atoms with Gasteiger partial charge < -0.3 is 21.3 Å². The fraction of sp³-hybridized carbons (Fsp3) is 0.905. The summed E-state index contributed by atoms with van der Waals surface area (Å²) in [4.78, 5) is 18.4. The number of amides is 1. The summed E-state index contributed by atoms with van der Waals surface area (Å²) in [6, 6.07) is 0.425. The number of aliphatic imine (C=N–C) groups is 1. The lowest BCUT2D eigenvalue weighted by Crippen LogP contribution is -2.42. The number of carbonyl (C=O) groups excluding carboxylic acids is 1. The average molecular weight is 382 g/mol. The normalized spacial score (nSPS) is 18.3. The van der Waals surface area contributed by atoms with Gasteiger partial charge in [0.05, 0.1) is 0 Å². The van der Waals surface area contributed by atoms with Crippen LogP contribution in [0.15, 0.2) is 4.99 Å². The van der Waals surface area contributed by atoms with Gasteiger partial charge in [-0.15, -0.1) is 0 Å². The number of primary amides is 1. The van der Waals surface area contributed by atoms with E-state index < -0.39 is 0 Å². The SMILES string of the molecule is CCNC(=NCCCCN1CCC(C(N)=O)CC1)NC(C)CCC(C)(C)C. The summed E-state index contributed by atoms with van der Waals surface area (Å²) in [6.45, 7) is 16.0. The van der Waals surface area contributed by atoms with Gasteiger partial charge >= 0.3 is 0 Å². The second kappa shape index (κ2) is 12.2. The molecule has 1 heterocycles. The lowest BCUT2D eigenvalue weighted by Gasteiger charge is -2.30. The van der Waals surface area contributed by atoms with Crippen LogP contribution in [-0.2, 0) is 4.79 Å². The zero-order valence-electron chi connectivity index (χ0n) is 18.3. The molecule has 0 aromatic heterocycles. The second-order valence-electron chi connectivity index (χ2n) is 9.13. The van der Waals surface area contributed by atoms with Gasteiger partial charge in [0, 0.05) is 25.0 Å². The molecule has 0 bridgehead atoms. The van der Waals surface area contributed by atoms with Gasteiger partial charge in [-0.1, -0.05) is 20.8 Å². The van der Waals surface area contributed by atoms with Crippen molar-refractivity contribution in [2.24, 2.45) is 22.1 Å². The number of unbranched alkanes of at least 4 members (excludes halogenated alkanes) is 1. The van der Waals surface area contributed by atoms with Gasteiger partial charge in [-0.2, -0.15) is 0 Å². The molecule has 1 fully saturated rings. The molecule has 1 unspecified atom stereocenters. The number of likely N-dealkylation sites (tertiary alicyclic amines) is 1. The summed E-state index contributed by atoms with van der Waals surface area (Å²) in [5.74, 6) is 0.880. The standard InChI is InChI=1S/C21H43N5O/c1-6-23-20(25-17(2)9-12-21(3,4)5)24-13-7-8-14-26-15-10-18(11-16-26)19(22)27/h17-18H,6-16H2,1-5H3,(H2,22,27)(H2,23,24,25). The van der Waals surface area contributed by atoms with Crippen LogP contribution in [-0.4, -0.2) is 55.5 Å². The molecule has 6 heteroatoms. The van der Waals surface area contributed by atoms with E-state index in [2.05, 4.69) is 50.2 Å². The highest BCUT2D eigenvalue weighted by atomic mass is 16.1. The Morgan fingerprint density at radius 2 is 1.93 bits per heavy atom. The van der Waals surface area contributed by atoms with Crippen LogP contribution < -0.4 is 16.4 Å². The average Bonchev–Trinajstić information content (AvgIpc) is 2.59. The Kier molecular flexibility index (Phi) is 10.7. The fourth-order valence-electron chi connectivity index (χ4n) is 3.35. The Labute approximate surface area is 166 Å². The van der Waals surface area contributed by atoms with Crippen molar-refractivity contribution in [2.45, 2.75) is 79.2 Å². The summed E-state index contributed by atoms with van der Waals surface area (Å²) in [5.41, 5.74) is 5.77. The van der Waals surface area contributed by atoms with Crippen LogP contribution in [0.1, 0.15) is 73.1 Å². The summed E-state index contributed by atoms with van der Waals surface area (Å²) >= 11 is 0. The highest BCUT2D eigenvalue weighted by Gasteiger charge is 2.22. The van der Waals surface area contributed by atoms with Gasteiger partial charge in [-0.05, 0) is 77.4 Å². The molecule has 1 saturated heterocycles. The molecule has 1 aliphatic heterocycles. The summed E-state index contributed by atoms with van der Waals surface area (Å²) in [6.07, 6.45) is 6.40. The van der Waals surface area contributed by atoms with E-state index in [1.165, 1.54) is 6.42 Å². The van der Waals surface area contributed by atoms with Crippen molar-refractivity contribution in [3.8, 4) is 0 Å². The van der Waals surface area contributed by atoms with Gasteiger partial charge in [0.25, 0.3) is 0 Å². The minimum atomic E-state index is -0.135. The van der Waals surface area contributed by atoms with Crippen molar-refractivity contribution in [1.29, 1.82) is 0 Å². The lowest BCUT2D eigenvalue weighted by molar-refractivity contribution is -0.123. The van der Waals surface area contributed by atoms with Crippen molar-refractivity contribution in [3.05, 3.63) is 0 Å². The van der Waals surface area contributed by atoms with Gasteiger partial charge in [0.2, 0.25) is 5.91 Å². The van der Waals surface area contributed by atoms with E-state index in [4.69, 9.17) is 10.7 Å². The third-order valence-corrected chi connectivity index (χ3v) is 5.20. The molecule has 1 rings (SSSR count). The van der Waals surface area contributed by atoms with E-state index in [-0.39, 0.29) is 11.8 Å². The van der Waals surface area contributed by atoms with Crippen molar-refractivity contribution in [1.82, 2.24) is 15.5 Å². The van der Waals surface area contributed by atoms with Crippen LogP contribution in [0.25, 0.3) is 0 Å². The minimum Gasteiger partial charge on any atom is -0.369 e. The van der Waals surface area contributed by atoms with Gasteiger partial charge in [-0.25, -0.2) is 0 Å². The van der Waals surface area contributed by atoms with E-state index in [0.717, 1.165) is 70.8 Å². The maximum Gasteiger partial charge on any atom is 0.220 e. The lowest BCUT2D eigenvalue weighted by atomic mass is 9.89. The fourth-order valence-corrected chi connectivity index (χ4v) is 3.35. The smallest absolute Gasteiger partial charge is 0.220 e. The maximum atomic E-state index is 11.2. The molecular weight excluding hydrogens is 338 g/mol. The number of nitrogens with zero attached hydrogens (tertiary/aromatic N) is 2. The molecule has 1 atom stereocenters. The van der Waals surface area contributed by atoms with E-state index in [1.807, 2.05) is 0 Å². The predicted molar refractivity (Wildman–Crippen MR) is 115 cm³/mol. The third-order valence-electron chi connectivity index (χ3n) is 5.20.